The number of carbonyl (C=O) groups is 2. The summed E-state index contributed by atoms with van der Waals surface area (Å²) in [5.41, 5.74) is 0.0634. The van der Waals surface area contributed by atoms with Gasteiger partial charge in [-0.2, -0.15) is 14.1 Å². The minimum Gasteiger partial charge on any atom is -0.461 e. The van der Waals surface area contributed by atoms with Crippen LogP contribution in [-0.4, -0.2) is 67.3 Å². The number of fused-ring (bicyclic) bond motifs is 1. The van der Waals surface area contributed by atoms with Gasteiger partial charge in [0.2, 0.25) is 10.0 Å². The lowest BCUT2D eigenvalue weighted by atomic mass is 10.2. The van der Waals surface area contributed by atoms with Crippen LogP contribution in [0.2, 0.25) is 0 Å². The number of rotatable bonds is 7. The Labute approximate surface area is 227 Å². The van der Waals surface area contributed by atoms with E-state index in [0.29, 0.717) is 18.9 Å². The lowest BCUT2D eigenvalue weighted by Crippen LogP contribution is -2.40. The van der Waals surface area contributed by atoms with Crippen molar-refractivity contribution in [1.82, 2.24) is 14.1 Å². The number of aromatic nitrogens is 2. The highest BCUT2D eigenvalue weighted by Crippen LogP contribution is 2.31. The number of para-hydroxylation sites is 1. The Hall–Kier alpha value is -3.91. The van der Waals surface area contributed by atoms with Crippen LogP contribution in [0.25, 0.3) is 16.5 Å². The number of nitrogens with zero attached hydrogens (tertiary/aromatic N) is 3. The first kappa shape index (κ1) is 26.7. The summed E-state index contributed by atoms with van der Waals surface area (Å²) in [6.07, 6.45) is 0. The zero-order chi connectivity index (χ0) is 27.6. The van der Waals surface area contributed by atoms with Crippen molar-refractivity contribution in [1.29, 1.82) is 0 Å². The quantitative estimate of drug-likeness (QED) is 0.336. The molecule has 39 heavy (non-hydrogen) atoms. The minimum absolute atomic E-state index is 0.0512. The number of benzene rings is 2. The SMILES string of the molecule is CCOC(=O)c1nn(-c2ccccc2)c(=O)c2c(NC(=O)c3ccc(S(=O)(=O)N4CCOCC4)cc3)scc12. The summed E-state index contributed by atoms with van der Waals surface area (Å²) in [7, 11) is -3.71. The van der Waals surface area contributed by atoms with Crippen LogP contribution in [0.4, 0.5) is 5.00 Å². The predicted molar refractivity (Wildman–Crippen MR) is 145 cm³/mol. The van der Waals surface area contributed by atoms with Crippen LogP contribution < -0.4 is 10.9 Å². The Kier molecular flexibility index (Phi) is 7.57. The number of esters is 1. The molecule has 1 saturated heterocycles. The molecule has 1 fully saturated rings. The van der Waals surface area contributed by atoms with Gasteiger partial charge in [0.15, 0.2) is 5.69 Å². The Bertz CT molecular complexity index is 1690. The van der Waals surface area contributed by atoms with Gasteiger partial charge < -0.3 is 14.8 Å². The highest BCUT2D eigenvalue weighted by Gasteiger charge is 2.27. The number of nitrogens with one attached hydrogen (secondary N) is 1. The van der Waals surface area contributed by atoms with Gasteiger partial charge in [0, 0.05) is 29.4 Å². The largest absolute Gasteiger partial charge is 0.461 e. The van der Waals surface area contributed by atoms with Crippen molar-refractivity contribution in [2.75, 3.05) is 38.2 Å². The molecule has 1 amide bonds. The highest BCUT2D eigenvalue weighted by molar-refractivity contribution is 7.89. The zero-order valence-electron chi connectivity index (χ0n) is 20.8. The summed E-state index contributed by atoms with van der Waals surface area (Å²) in [6.45, 7) is 2.97. The molecule has 1 N–H and O–H groups in total. The van der Waals surface area contributed by atoms with E-state index in [1.165, 1.54) is 28.6 Å². The third-order valence-corrected chi connectivity index (χ3v) is 8.88. The fourth-order valence-electron chi connectivity index (χ4n) is 4.13. The molecule has 0 bridgehead atoms. The Morgan fingerprint density at radius 3 is 2.44 bits per heavy atom. The molecule has 13 heteroatoms. The number of morpholine rings is 1. The summed E-state index contributed by atoms with van der Waals surface area (Å²) in [5, 5.41) is 9.16. The molecular formula is C26H24N4O7S2. The molecular weight excluding hydrogens is 544 g/mol. The van der Waals surface area contributed by atoms with E-state index in [1.807, 2.05) is 0 Å². The summed E-state index contributed by atoms with van der Waals surface area (Å²) in [6, 6.07) is 14.2. The van der Waals surface area contributed by atoms with Gasteiger partial charge in [0.25, 0.3) is 11.5 Å². The van der Waals surface area contributed by atoms with Gasteiger partial charge in [-0.05, 0) is 43.3 Å². The van der Waals surface area contributed by atoms with Gasteiger partial charge in [0.05, 0.1) is 35.8 Å². The molecule has 0 radical (unpaired) electrons. The monoisotopic (exact) mass is 568 g/mol. The van der Waals surface area contributed by atoms with Crippen LogP contribution in [0, 0.1) is 0 Å². The number of anilines is 1. The van der Waals surface area contributed by atoms with Crippen LogP contribution in [0.15, 0.2) is 69.7 Å². The van der Waals surface area contributed by atoms with Crippen LogP contribution in [-0.2, 0) is 19.5 Å². The number of amides is 1. The number of hydrogen-bond acceptors (Lipinski definition) is 9. The maximum Gasteiger partial charge on any atom is 0.359 e. The lowest BCUT2D eigenvalue weighted by molar-refractivity contribution is 0.0519. The van der Waals surface area contributed by atoms with Gasteiger partial charge in [-0.25, -0.2) is 13.2 Å². The molecule has 0 spiro atoms. The average molecular weight is 569 g/mol. The molecule has 0 unspecified atom stereocenters. The first-order valence-electron chi connectivity index (χ1n) is 12.1. The standard InChI is InChI=1S/C26H24N4O7S2/c1-2-37-26(33)22-20-16-38-24(21(20)25(32)30(28-22)18-6-4-3-5-7-18)27-23(31)17-8-10-19(11-9-17)39(34,35)29-12-14-36-15-13-29/h3-11,16H,2,12-15H2,1H3,(H,27,31). The van der Waals surface area contributed by atoms with Gasteiger partial charge in [-0.1, -0.05) is 18.2 Å². The van der Waals surface area contributed by atoms with Crippen molar-refractivity contribution in [2.45, 2.75) is 11.8 Å². The molecule has 0 atom stereocenters. The second-order valence-electron chi connectivity index (χ2n) is 8.47. The van der Waals surface area contributed by atoms with Gasteiger partial charge >= 0.3 is 5.97 Å². The second-order valence-corrected chi connectivity index (χ2v) is 11.3. The molecule has 202 valence electrons. The number of thiophene rings is 1. The third-order valence-electron chi connectivity index (χ3n) is 6.07. The summed E-state index contributed by atoms with van der Waals surface area (Å²) >= 11 is 1.07. The summed E-state index contributed by atoms with van der Waals surface area (Å²) in [4.78, 5) is 39.4. The maximum absolute atomic E-state index is 13.5. The third kappa shape index (κ3) is 5.21. The Morgan fingerprint density at radius 1 is 1.08 bits per heavy atom. The number of sulfonamides is 1. The number of hydrogen-bond donors (Lipinski definition) is 1. The molecule has 3 heterocycles. The van der Waals surface area contributed by atoms with E-state index < -0.39 is 27.5 Å². The predicted octanol–water partition coefficient (Wildman–Crippen LogP) is 2.90. The van der Waals surface area contributed by atoms with Crippen LogP contribution in [0.3, 0.4) is 0 Å². The van der Waals surface area contributed by atoms with Gasteiger partial charge in [-0.3, -0.25) is 9.59 Å². The first-order valence-corrected chi connectivity index (χ1v) is 14.4. The highest BCUT2D eigenvalue weighted by atomic mass is 32.2. The molecule has 0 saturated carbocycles. The molecule has 2 aromatic carbocycles. The van der Waals surface area contributed by atoms with E-state index in [4.69, 9.17) is 9.47 Å². The topological polar surface area (TPSA) is 137 Å². The van der Waals surface area contributed by atoms with Crippen molar-refractivity contribution in [3.8, 4) is 5.69 Å². The molecule has 4 aromatic rings. The van der Waals surface area contributed by atoms with Crippen LogP contribution in [0.5, 0.6) is 0 Å². The van der Waals surface area contributed by atoms with E-state index in [-0.39, 0.29) is 51.6 Å². The van der Waals surface area contributed by atoms with E-state index >= 15 is 0 Å². The molecule has 0 aliphatic carbocycles. The van der Waals surface area contributed by atoms with E-state index in [9.17, 15) is 22.8 Å². The summed E-state index contributed by atoms with van der Waals surface area (Å²) < 4.78 is 38.6. The van der Waals surface area contributed by atoms with E-state index in [1.54, 1.807) is 42.6 Å². The number of ether oxygens (including phenoxy) is 2. The van der Waals surface area contributed by atoms with E-state index in [2.05, 4.69) is 10.4 Å². The normalized spacial score (nSPS) is 14.3. The van der Waals surface area contributed by atoms with E-state index in [0.717, 1.165) is 16.0 Å². The molecule has 11 nitrogen and oxygen atoms in total. The Morgan fingerprint density at radius 2 is 1.77 bits per heavy atom. The van der Waals surface area contributed by atoms with Crippen molar-refractivity contribution in [3.63, 3.8) is 0 Å². The molecule has 1 aliphatic rings. The van der Waals surface area contributed by atoms with Crippen molar-refractivity contribution < 1.29 is 27.5 Å². The fraction of sp³-hybridized carbons (Fsp3) is 0.231. The lowest BCUT2D eigenvalue weighted by Gasteiger charge is -2.26. The molecule has 5 rings (SSSR count). The van der Waals surface area contributed by atoms with Crippen molar-refractivity contribution in [2.24, 2.45) is 0 Å². The van der Waals surface area contributed by atoms with Crippen molar-refractivity contribution in [3.05, 3.63) is 81.6 Å². The number of carbonyl (C=O) groups excluding carboxylic acids is 2. The first-order chi connectivity index (χ1) is 18.8. The minimum atomic E-state index is -3.71. The fourth-order valence-corrected chi connectivity index (χ4v) is 6.47. The maximum atomic E-state index is 13.5. The molecule has 1 aliphatic heterocycles. The average Bonchev–Trinajstić information content (AvgIpc) is 3.38. The smallest absolute Gasteiger partial charge is 0.359 e. The van der Waals surface area contributed by atoms with Gasteiger partial charge in [-0.15, -0.1) is 11.3 Å². The zero-order valence-corrected chi connectivity index (χ0v) is 22.5. The second kappa shape index (κ2) is 11.1. The Balaban J connectivity index is 1.48. The van der Waals surface area contributed by atoms with Crippen molar-refractivity contribution >= 4 is 49.0 Å². The van der Waals surface area contributed by atoms with Gasteiger partial charge in [0.1, 0.15) is 5.00 Å². The van der Waals surface area contributed by atoms with Crippen LogP contribution >= 0.6 is 11.3 Å². The molecule has 2 aromatic heterocycles. The van der Waals surface area contributed by atoms with Crippen LogP contribution in [0.1, 0.15) is 27.8 Å². The summed E-state index contributed by atoms with van der Waals surface area (Å²) in [5.74, 6) is -1.24.